The molecule has 1 aliphatic rings. The molecule has 0 radical (unpaired) electrons. The Morgan fingerprint density at radius 1 is 1.41 bits per heavy atom. The SMILES string of the molecule is CC1CCCCC1=NNC(=O)C(C)Oc1ccc(Cl)cc1Cl. The first-order chi connectivity index (χ1) is 10.5. The second-order valence-corrected chi connectivity index (χ2v) is 6.40. The van der Waals surface area contributed by atoms with Gasteiger partial charge in [0.2, 0.25) is 0 Å². The Bertz CT molecular complexity index is 575. The minimum Gasteiger partial charge on any atom is -0.479 e. The van der Waals surface area contributed by atoms with Gasteiger partial charge in [-0.15, -0.1) is 0 Å². The van der Waals surface area contributed by atoms with Crippen molar-refractivity contribution in [2.75, 3.05) is 0 Å². The summed E-state index contributed by atoms with van der Waals surface area (Å²) < 4.78 is 5.56. The van der Waals surface area contributed by atoms with E-state index in [1.807, 2.05) is 0 Å². The van der Waals surface area contributed by atoms with Gasteiger partial charge in [-0.2, -0.15) is 5.10 Å². The molecule has 1 aliphatic carbocycles. The van der Waals surface area contributed by atoms with Crippen LogP contribution in [0.1, 0.15) is 39.5 Å². The summed E-state index contributed by atoms with van der Waals surface area (Å²) in [4.78, 5) is 12.1. The molecule has 0 bridgehead atoms. The van der Waals surface area contributed by atoms with Crippen molar-refractivity contribution in [3.8, 4) is 5.75 Å². The number of hydrazone groups is 1. The fourth-order valence-electron chi connectivity index (χ4n) is 2.37. The van der Waals surface area contributed by atoms with Crippen LogP contribution in [0.3, 0.4) is 0 Å². The Morgan fingerprint density at radius 2 is 2.18 bits per heavy atom. The number of hydrogen-bond acceptors (Lipinski definition) is 3. The van der Waals surface area contributed by atoms with Crippen molar-refractivity contribution in [2.45, 2.75) is 45.6 Å². The number of rotatable bonds is 4. The maximum Gasteiger partial charge on any atom is 0.280 e. The second kappa shape index (κ2) is 7.84. The molecule has 2 unspecified atom stereocenters. The third-order valence-corrected chi connectivity index (χ3v) is 4.30. The van der Waals surface area contributed by atoms with Gasteiger partial charge in [-0.3, -0.25) is 4.79 Å². The van der Waals surface area contributed by atoms with Crippen LogP contribution < -0.4 is 10.2 Å². The summed E-state index contributed by atoms with van der Waals surface area (Å²) in [7, 11) is 0. The maximum absolute atomic E-state index is 12.1. The van der Waals surface area contributed by atoms with Crippen LogP contribution in [0.5, 0.6) is 5.75 Å². The molecule has 22 heavy (non-hydrogen) atoms. The fourth-order valence-corrected chi connectivity index (χ4v) is 2.82. The van der Waals surface area contributed by atoms with E-state index in [0.29, 0.717) is 21.7 Å². The number of carbonyl (C=O) groups excluding carboxylic acids is 1. The predicted molar refractivity (Wildman–Crippen MR) is 89.8 cm³/mol. The Labute approximate surface area is 140 Å². The summed E-state index contributed by atoms with van der Waals surface area (Å²) >= 11 is 11.9. The zero-order valence-electron chi connectivity index (χ0n) is 12.7. The van der Waals surface area contributed by atoms with Crippen molar-refractivity contribution in [3.63, 3.8) is 0 Å². The van der Waals surface area contributed by atoms with Gasteiger partial charge in [0.05, 0.1) is 5.02 Å². The highest BCUT2D eigenvalue weighted by molar-refractivity contribution is 6.35. The number of nitrogens with one attached hydrogen (secondary N) is 1. The molecule has 2 rings (SSSR count). The first-order valence-electron chi connectivity index (χ1n) is 7.45. The van der Waals surface area contributed by atoms with E-state index in [9.17, 15) is 4.79 Å². The summed E-state index contributed by atoms with van der Waals surface area (Å²) in [6.45, 7) is 3.79. The molecule has 120 valence electrons. The maximum atomic E-state index is 12.1. The molecule has 1 aromatic rings. The summed E-state index contributed by atoms with van der Waals surface area (Å²) in [6.07, 6.45) is 3.73. The summed E-state index contributed by atoms with van der Waals surface area (Å²) in [5.74, 6) is 0.555. The molecule has 0 aromatic heterocycles. The molecule has 1 fully saturated rings. The molecule has 0 saturated heterocycles. The van der Waals surface area contributed by atoms with Crippen LogP contribution >= 0.6 is 23.2 Å². The predicted octanol–water partition coefficient (Wildman–Crippen LogP) is 4.44. The Hall–Kier alpha value is -1.26. The molecule has 0 heterocycles. The smallest absolute Gasteiger partial charge is 0.280 e. The number of hydrogen-bond donors (Lipinski definition) is 1. The van der Waals surface area contributed by atoms with Gasteiger partial charge in [0.25, 0.3) is 5.91 Å². The average Bonchev–Trinajstić information content (AvgIpc) is 2.49. The topological polar surface area (TPSA) is 50.7 Å². The first kappa shape index (κ1) is 17.1. The highest BCUT2D eigenvalue weighted by Crippen LogP contribution is 2.28. The van der Waals surface area contributed by atoms with Gasteiger partial charge in [0.15, 0.2) is 6.10 Å². The second-order valence-electron chi connectivity index (χ2n) is 5.56. The minimum absolute atomic E-state index is 0.295. The van der Waals surface area contributed by atoms with Crippen molar-refractivity contribution in [1.29, 1.82) is 0 Å². The van der Waals surface area contributed by atoms with E-state index < -0.39 is 6.10 Å². The van der Waals surface area contributed by atoms with Gasteiger partial charge in [-0.25, -0.2) is 5.43 Å². The molecule has 1 amide bonds. The van der Waals surface area contributed by atoms with E-state index in [4.69, 9.17) is 27.9 Å². The lowest BCUT2D eigenvalue weighted by atomic mass is 9.89. The molecule has 2 atom stereocenters. The van der Waals surface area contributed by atoms with Gasteiger partial charge < -0.3 is 4.74 Å². The van der Waals surface area contributed by atoms with E-state index in [1.165, 1.54) is 6.42 Å². The van der Waals surface area contributed by atoms with E-state index >= 15 is 0 Å². The summed E-state index contributed by atoms with van der Waals surface area (Å²) in [5.41, 5.74) is 3.64. The lowest BCUT2D eigenvalue weighted by Gasteiger charge is -2.20. The number of nitrogens with zero attached hydrogens (tertiary/aromatic N) is 1. The van der Waals surface area contributed by atoms with Crippen molar-refractivity contribution >= 4 is 34.8 Å². The van der Waals surface area contributed by atoms with E-state index in [0.717, 1.165) is 25.0 Å². The lowest BCUT2D eigenvalue weighted by Crippen LogP contribution is -2.34. The summed E-state index contributed by atoms with van der Waals surface area (Å²) in [6, 6.07) is 4.88. The van der Waals surface area contributed by atoms with Crippen LogP contribution in [-0.4, -0.2) is 17.7 Å². The first-order valence-corrected chi connectivity index (χ1v) is 8.21. The monoisotopic (exact) mass is 342 g/mol. The molecule has 1 aromatic carbocycles. The summed E-state index contributed by atoms with van der Waals surface area (Å²) in [5, 5.41) is 5.14. The Balaban J connectivity index is 1.93. The molecule has 6 heteroatoms. The van der Waals surface area contributed by atoms with Crippen LogP contribution in [-0.2, 0) is 4.79 Å². The van der Waals surface area contributed by atoms with E-state index in [-0.39, 0.29) is 5.91 Å². The molecule has 0 aliphatic heterocycles. The quantitative estimate of drug-likeness (QED) is 0.822. The molecular formula is C16H20Cl2N2O2. The van der Waals surface area contributed by atoms with E-state index in [1.54, 1.807) is 25.1 Å². The highest BCUT2D eigenvalue weighted by Gasteiger charge is 2.19. The Kier molecular flexibility index (Phi) is 6.09. The lowest BCUT2D eigenvalue weighted by molar-refractivity contribution is -0.127. The minimum atomic E-state index is -0.693. The van der Waals surface area contributed by atoms with Gasteiger partial charge in [0, 0.05) is 10.7 Å². The number of halogens is 2. The molecule has 4 nitrogen and oxygen atoms in total. The number of ether oxygens (including phenoxy) is 1. The van der Waals surface area contributed by atoms with Gasteiger partial charge in [-0.05, 0) is 50.3 Å². The number of carbonyl (C=O) groups is 1. The van der Waals surface area contributed by atoms with Crippen LogP contribution in [0.4, 0.5) is 0 Å². The number of benzene rings is 1. The molecule has 0 spiro atoms. The zero-order valence-corrected chi connectivity index (χ0v) is 14.2. The largest absolute Gasteiger partial charge is 0.479 e. The van der Waals surface area contributed by atoms with Crippen molar-refractivity contribution in [2.24, 2.45) is 11.0 Å². The Morgan fingerprint density at radius 3 is 2.86 bits per heavy atom. The van der Waals surface area contributed by atoms with Crippen molar-refractivity contribution in [1.82, 2.24) is 5.43 Å². The van der Waals surface area contributed by atoms with Gasteiger partial charge >= 0.3 is 0 Å². The number of amides is 1. The molecular weight excluding hydrogens is 323 g/mol. The third-order valence-electron chi connectivity index (χ3n) is 3.77. The van der Waals surface area contributed by atoms with Gasteiger partial charge in [-0.1, -0.05) is 36.5 Å². The fraction of sp³-hybridized carbons (Fsp3) is 0.500. The van der Waals surface area contributed by atoms with Crippen LogP contribution in [0.15, 0.2) is 23.3 Å². The van der Waals surface area contributed by atoms with Crippen LogP contribution in [0, 0.1) is 5.92 Å². The van der Waals surface area contributed by atoms with Crippen LogP contribution in [0.2, 0.25) is 10.0 Å². The highest BCUT2D eigenvalue weighted by atomic mass is 35.5. The van der Waals surface area contributed by atoms with Crippen molar-refractivity contribution < 1.29 is 9.53 Å². The van der Waals surface area contributed by atoms with Gasteiger partial charge in [0.1, 0.15) is 5.75 Å². The van der Waals surface area contributed by atoms with E-state index in [2.05, 4.69) is 17.5 Å². The third kappa shape index (κ3) is 4.62. The van der Waals surface area contributed by atoms with Crippen LogP contribution in [0.25, 0.3) is 0 Å². The average molecular weight is 343 g/mol. The standard InChI is InChI=1S/C16H20Cl2N2O2/c1-10-5-3-4-6-14(10)19-20-16(21)11(2)22-15-8-7-12(17)9-13(15)18/h7-11H,3-6H2,1-2H3,(H,20,21). The zero-order chi connectivity index (χ0) is 16.1. The molecule has 1 N–H and O–H groups in total. The van der Waals surface area contributed by atoms with Crippen molar-refractivity contribution in [3.05, 3.63) is 28.2 Å². The normalized spacial score (nSPS) is 21.5. The molecule has 1 saturated carbocycles.